The average molecular weight is 809 g/mol. The molecule has 0 spiro atoms. The van der Waals surface area contributed by atoms with Gasteiger partial charge in [0.15, 0.2) is 0 Å². The molecule has 0 aliphatic carbocycles. The van der Waals surface area contributed by atoms with Gasteiger partial charge in [0.2, 0.25) is 5.56 Å². The summed E-state index contributed by atoms with van der Waals surface area (Å²) in [5.74, 6) is -0.0691. The first-order valence-corrected chi connectivity index (χ1v) is 20.3. The van der Waals surface area contributed by atoms with Crippen molar-refractivity contribution < 1.29 is 34.4 Å². The van der Waals surface area contributed by atoms with Crippen LogP contribution in [0.25, 0.3) is 10.9 Å². The summed E-state index contributed by atoms with van der Waals surface area (Å²) in [6.07, 6.45) is 1.06. The first-order valence-electron chi connectivity index (χ1n) is 20.3. The number of phenolic OH excluding ortho intramolecular Hbond substituents is 1. The summed E-state index contributed by atoms with van der Waals surface area (Å²) in [5, 5.41) is 38.1. The number of amides is 1. The number of H-pyrrole nitrogens is 1. The number of carboxylic acids is 1. The van der Waals surface area contributed by atoms with E-state index in [1.165, 1.54) is 12.1 Å². The number of carbonyl (C=O) groups is 2. The Hall–Kier alpha value is -6.47. The van der Waals surface area contributed by atoms with Gasteiger partial charge in [0.05, 0.1) is 23.2 Å². The Labute approximate surface area is 347 Å². The first-order chi connectivity index (χ1) is 29.2. The third kappa shape index (κ3) is 9.52. The molecule has 3 aliphatic rings. The van der Waals surface area contributed by atoms with Crippen molar-refractivity contribution in [3.8, 4) is 11.5 Å². The Morgan fingerprint density at radius 2 is 1.58 bits per heavy atom. The number of phenols is 1. The summed E-state index contributed by atoms with van der Waals surface area (Å²) in [4.78, 5) is 42.3. The largest absolute Gasteiger partial charge is 0.506 e. The van der Waals surface area contributed by atoms with Crippen molar-refractivity contribution in [1.82, 2.24) is 20.5 Å². The smallest absolute Gasteiger partial charge is 0.408 e. The number of aromatic hydroxyl groups is 1. The number of ether oxygens (including phenoxy) is 2. The van der Waals surface area contributed by atoms with Crippen molar-refractivity contribution in [2.75, 3.05) is 26.2 Å². The fourth-order valence-electron chi connectivity index (χ4n) is 8.39. The fraction of sp³-hybridized carbons (Fsp3) is 0.271. The molecule has 9 rings (SSSR count). The molecule has 308 valence electrons. The van der Waals surface area contributed by atoms with Gasteiger partial charge in [-0.15, -0.1) is 0 Å². The van der Waals surface area contributed by atoms with Crippen molar-refractivity contribution in [1.29, 1.82) is 0 Å². The van der Waals surface area contributed by atoms with Crippen molar-refractivity contribution >= 4 is 23.0 Å². The van der Waals surface area contributed by atoms with E-state index in [0.29, 0.717) is 41.1 Å². The fourth-order valence-corrected chi connectivity index (χ4v) is 8.39. The molecule has 6 aromatic rings. The number of piperidine rings is 3. The van der Waals surface area contributed by atoms with Gasteiger partial charge in [-0.25, -0.2) is 9.59 Å². The van der Waals surface area contributed by atoms with Crippen LogP contribution in [0.15, 0.2) is 126 Å². The Kier molecular flexibility index (Phi) is 12.2. The number of alkyl carbamates (subject to hydrolysis) is 1. The van der Waals surface area contributed by atoms with Gasteiger partial charge in [0.25, 0.3) is 0 Å². The number of aliphatic hydroxyl groups excluding tert-OH is 1. The van der Waals surface area contributed by atoms with E-state index in [-0.39, 0.29) is 41.6 Å². The number of benzene rings is 5. The lowest BCUT2D eigenvalue weighted by Gasteiger charge is -2.43. The van der Waals surface area contributed by atoms with Gasteiger partial charge in [-0.1, -0.05) is 84.9 Å². The summed E-state index contributed by atoms with van der Waals surface area (Å²) in [7, 11) is 0. The highest BCUT2D eigenvalue weighted by Gasteiger charge is 2.37. The van der Waals surface area contributed by atoms with Crippen LogP contribution in [0.3, 0.4) is 0 Å². The van der Waals surface area contributed by atoms with Crippen LogP contribution in [0, 0.1) is 5.92 Å². The van der Waals surface area contributed by atoms with Crippen LogP contribution in [0.1, 0.15) is 74.3 Å². The Bertz CT molecular complexity index is 2520. The van der Waals surface area contributed by atoms with E-state index in [1.807, 2.05) is 84.9 Å². The van der Waals surface area contributed by atoms with Crippen LogP contribution in [-0.2, 0) is 24.3 Å². The molecule has 6 N–H and O–H groups in total. The van der Waals surface area contributed by atoms with Crippen LogP contribution in [0.4, 0.5) is 4.79 Å². The highest BCUT2D eigenvalue weighted by Crippen LogP contribution is 2.32. The molecular weight excluding hydrogens is 761 g/mol. The quantitative estimate of drug-likeness (QED) is 0.0646. The number of hydrogen-bond acceptors (Lipinski definition) is 9. The lowest BCUT2D eigenvalue weighted by molar-refractivity contribution is -0.0336. The minimum Gasteiger partial charge on any atom is -0.506 e. The number of nitrogens with one attached hydrogen (secondary N) is 3. The monoisotopic (exact) mass is 808 g/mol. The van der Waals surface area contributed by atoms with Crippen LogP contribution in [-0.4, -0.2) is 69.5 Å². The molecule has 3 unspecified atom stereocenters. The summed E-state index contributed by atoms with van der Waals surface area (Å²) in [5.41, 5.74) is 5.87. The first kappa shape index (κ1) is 40.3. The van der Waals surface area contributed by atoms with Crippen LogP contribution in [0.5, 0.6) is 11.5 Å². The summed E-state index contributed by atoms with van der Waals surface area (Å²) < 4.78 is 12.3. The van der Waals surface area contributed by atoms with Crippen LogP contribution >= 0.6 is 0 Å². The van der Waals surface area contributed by atoms with Crippen molar-refractivity contribution in [2.45, 2.75) is 50.7 Å². The van der Waals surface area contributed by atoms with Crippen molar-refractivity contribution in [3.63, 3.8) is 0 Å². The SMILES string of the molecule is O=C(NC(c1ccccc1)c1cccc(OCc2ccc(C(=O)O)c(Cc3ccc(CNCC(O)c4ccc(O)c5[nH]c(=O)ccc45)cc3)c2)c1)OC1CN2CCC1CC2. The van der Waals surface area contributed by atoms with Gasteiger partial charge >= 0.3 is 12.1 Å². The number of hydrogen-bond donors (Lipinski definition) is 6. The predicted octanol–water partition coefficient (Wildman–Crippen LogP) is 6.83. The zero-order valence-corrected chi connectivity index (χ0v) is 33.1. The molecule has 3 aliphatic heterocycles. The molecule has 1 amide bonds. The number of pyridine rings is 1. The molecule has 0 saturated carbocycles. The maximum absolute atomic E-state index is 13.3. The predicted molar refractivity (Wildman–Crippen MR) is 227 cm³/mol. The molecule has 1 aromatic heterocycles. The van der Waals surface area contributed by atoms with Gasteiger partial charge in [0.1, 0.15) is 24.2 Å². The van der Waals surface area contributed by atoms with E-state index in [2.05, 4.69) is 20.5 Å². The van der Waals surface area contributed by atoms with Crippen LogP contribution < -0.4 is 20.9 Å². The molecule has 60 heavy (non-hydrogen) atoms. The van der Waals surface area contributed by atoms with Crippen LogP contribution in [0.2, 0.25) is 0 Å². The third-order valence-corrected chi connectivity index (χ3v) is 11.6. The molecule has 3 atom stereocenters. The minimum atomic E-state index is -1.01. The van der Waals surface area contributed by atoms with E-state index in [9.17, 15) is 29.7 Å². The van der Waals surface area contributed by atoms with Gasteiger partial charge in [-0.2, -0.15) is 0 Å². The minimum absolute atomic E-state index is 0.0642. The lowest BCUT2D eigenvalue weighted by atomic mass is 9.86. The Morgan fingerprint density at radius 3 is 2.33 bits per heavy atom. The molecule has 12 nitrogen and oxygen atoms in total. The van der Waals surface area contributed by atoms with E-state index in [4.69, 9.17) is 9.47 Å². The Balaban J connectivity index is 0.893. The van der Waals surface area contributed by atoms with Gasteiger partial charge in [0, 0.05) is 31.1 Å². The number of carbonyl (C=O) groups excluding carboxylic acids is 1. The van der Waals surface area contributed by atoms with Gasteiger partial charge in [-0.05, 0) is 108 Å². The number of fused-ring (bicyclic) bond motifs is 4. The average Bonchev–Trinajstić information content (AvgIpc) is 3.26. The maximum atomic E-state index is 13.3. The molecular formula is C48H48N4O8. The van der Waals surface area contributed by atoms with E-state index in [1.54, 1.807) is 24.3 Å². The topological polar surface area (TPSA) is 173 Å². The second-order valence-electron chi connectivity index (χ2n) is 15.7. The molecule has 5 aromatic carbocycles. The molecule has 4 heterocycles. The summed E-state index contributed by atoms with van der Waals surface area (Å²) >= 11 is 0. The zero-order valence-electron chi connectivity index (χ0n) is 33.1. The third-order valence-electron chi connectivity index (χ3n) is 11.6. The Morgan fingerprint density at radius 1 is 0.833 bits per heavy atom. The summed E-state index contributed by atoms with van der Waals surface area (Å²) in [6, 6.07) is 36.1. The normalized spacial score (nSPS) is 18.1. The molecule has 3 fully saturated rings. The zero-order chi connectivity index (χ0) is 41.6. The number of carboxylic acid groups (broad SMARTS) is 1. The standard InChI is InChI=1S/C48H48N4O8/c53-41-17-15-39(40-16-18-44(55)50-46(40)41)42(54)27-49-26-31-11-9-30(10-12-31)23-36-24-32(13-14-38(36)47(56)57)29-59-37-8-4-7-35(25-37)45(34-5-2-1-3-6-34)51-48(58)60-43-28-52-21-19-33(43)20-22-52/h1-18,24-25,33,42-43,45,49,53-54H,19-23,26-29H2,(H,50,55)(H,51,58)(H,56,57). The number of aromatic amines is 1. The second-order valence-corrected chi connectivity index (χ2v) is 15.7. The highest BCUT2D eigenvalue weighted by atomic mass is 16.6. The van der Waals surface area contributed by atoms with Gasteiger partial charge < -0.3 is 40.4 Å². The van der Waals surface area contributed by atoms with Gasteiger partial charge in [-0.3, -0.25) is 9.69 Å². The number of aromatic nitrogens is 1. The molecule has 0 radical (unpaired) electrons. The number of nitrogens with zero attached hydrogens (tertiary/aromatic N) is 1. The number of aromatic carboxylic acids is 1. The number of rotatable bonds is 15. The molecule has 12 heteroatoms. The van der Waals surface area contributed by atoms with Crippen molar-refractivity contribution in [3.05, 3.63) is 176 Å². The van der Waals surface area contributed by atoms with E-state index in [0.717, 1.165) is 60.3 Å². The molecule has 2 bridgehead atoms. The molecule has 3 saturated heterocycles. The second kappa shape index (κ2) is 18.2. The number of aliphatic hydroxyl groups is 1. The van der Waals surface area contributed by atoms with E-state index < -0.39 is 24.2 Å². The maximum Gasteiger partial charge on any atom is 0.408 e. The van der Waals surface area contributed by atoms with E-state index >= 15 is 0 Å². The van der Waals surface area contributed by atoms with Crippen molar-refractivity contribution in [2.24, 2.45) is 5.92 Å². The highest BCUT2D eigenvalue weighted by molar-refractivity contribution is 5.89. The summed E-state index contributed by atoms with van der Waals surface area (Å²) in [6.45, 7) is 3.82. The lowest BCUT2D eigenvalue weighted by Crippen LogP contribution is -2.52.